The Labute approximate surface area is 123 Å². The van der Waals surface area contributed by atoms with Crippen LogP contribution in [0.5, 0.6) is 0 Å². The third-order valence-corrected chi connectivity index (χ3v) is 5.64. The Hall–Kier alpha value is -1.15. The fourth-order valence-corrected chi connectivity index (χ4v) is 3.34. The van der Waals surface area contributed by atoms with Crippen LogP contribution in [0.1, 0.15) is 16.2 Å². The summed E-state index contributed by atoms with van der Waals surface area (Å²) in [4.78, 5) is 1.28. The zero-order chi connectivity index (χ0) is 14.8. The van der Waals surface area contributed by atoms with Crippen molar-refractivity contribution in [2.75, 3.05) is 14.1 Å². The van der Waals surface area contributed by atoms with E-state index in [-0.39, 0.29) is 5.09 Å². The first-order valence-electron chi connectivity index (χ1n) is 6.16. The van der Waals surface area contributed by atoms with Gasteiger partial charge in [-0.3, -0.25) is 0 Å². The van der Waals surface area contributed by atoms with E-state index in [1.54, 1.807) is 17.4 Å². The molecule has 0 aliphatic heterocycles. The van der Waals surface area contributed by atoms with Crippen molar-refractivity contribution in [3.63, 3.8) is 0 Å². The first-order valence-corrected chi connectivity index (χ1v) is 8.48. The topological polar surface area (TPSA) is 62.6 Å². The quantitative estimate of drug-likeness (QED) is 0.888. The summed E-state index contributed by atoms with van der Waals surface area (Å²) in [6, 6.07) is 5.25. The molecular weight excluding hydrogens is 296 g/mol. The highest BCUT2D eigenvalue weighted by Crippen LogP contribution is 2.18. The molecule has 2 aromatic rings. The molecule has 0 fully saturated rings. The highest BCUT2D eigenvalue weighted by molar-refractivity contribution is 7.88. The summed E-state index contributed by atoms with van der Waals surface area (Å²) >= 11 is 1.70. The molecule has 20 heavy (non-hydrogen) atoms. The highest BCUT2D eigenvalue weighted by atomic mass is 32.2. The molecule has 0 atom stereocenters. The maximum Gasteiger partial charge on any atom is 0.275 e. The van der Waals surface area contributed by atoms with Crippen molar-refractivity contribution in [2.24, 2.45) is 0 Å². The highest BCUT2D eigenvalue weighted by Gasteiger charge is 2.21. The van der Waals surface area contributed by atoms with Crippen LogP contribution >= 0.6 is 11.3 Å². The molecule has 2 heterocycles. The standard InChI is InChI=1S/C13H18N2O3S2/c1-10-6-7-19-12(10)9-14-8-11-4-5-13(18-11)20(16,17)15(2)3/h4-7,14H,8-9H2,1-3H3. The first-order chi connectivity index (χ1) is 9.41. The normalized spacial score (nSPS) is 12.2. The summed E-state index contributed by atoms with van der Waals surface area (Å²) in [7, 11) is -0.527. The van der Waals surface area contributed by atoms with Gasteiger partial charge in [0.15, 0.2) is 0 Å². The Balaban J connectivity index is 1.96. The van der Waals surface area contributed by atoms with Crippen LogP contribution in [0.2, 0.25) is 0 Å². The second-order valence-corrected chi connectivity index (χ2v) is 7.72. The van der Waals surface area contributed by atoms with Crippen LogP contribution in [-0.2, 0) is 23.1 Å². The number of nitrogens with zero attached hydrogens (tertiary/aromatic N) is 1. The fourth-order valence-electron chi connectivity index (χ4n) is 1.66. The Bertz CT molecular complexity index is 671. The number of rotatable bonds is 6. The maximum atomic E-state index is 11.9. The van der Waals surface area contributed by atoms with Gasteiger partial charge in [-0.15, -0.1) is 11.3 Å². The minimum absolute atomic E-state index is 0.0217. The molecule has 0 saturated heterocycles. The molecule has 0 unspecified atom stereocenters. The molecule has 1 N–H and O–H groups in total. The molecule has 5 nitrogen and oxygen atoms in total. The fraction of sp³-hybridized carbons (Fsp3) is 0.385. The van der Waals surface area contributed by atoms with Crippen LogP contribution in [0, 0.1) is 6.92 Å². The van der Waals surface area contributed by atoms with Crippen molar-refractivity contribution in [3.8, 4) is 0 Å². The summed E-state index contributed by atoms with van der Waals surface area (Å²) in [5.41, 5.74) is 1.26. The minimum atomic E-state index is -3.49. The SMILES string of the molecule is Cc1ccsc1CNCc1ccc(S(=O)(=O)N(C)C)o1. The van der Waals surface area contributed by atoms with Crippen LogP contribution in [0.15, 0.2) is 33.1 Å². The third-order valence-electron chi connectivity index (χ3n) is 2.92. The average molecular weight is 314 g/mol. The van der Waals surface area contributed by atoms with Crippen molar-refractivity contribution >= 4 is 21.4 Å². The van der Waals surface area contributed by atoms with Gasteiger partial charge in [-0.1, -0.05) is 0 Å². The van der Waals surface area contributed by atoms with Crippen LogP contribution in [0.4, 0.5) is 0 Å². The van der Waals surface area contributed by atoms with Gasteiger partial charge in [-0.05, 0) is 36.1 Å². The molecule has 110 valence electrons. The smallest absolute Gasteiger partial charge is 0.275 e. The maximum absolute atomic E-state index is 11.9. The average Bonchev–Trinajstić information content (AvgIpc) is 2.99. The van der Waals surface area contributed by atoms with Gasteiger partial charge in [0.05, 0.1) is 6.54 Å². The van der Waals surface area contributed by atoms with Crippen molar-refractivity contribution in [1.29, 1.82) is 0 Å². The first kappa shape index (κ1) is 15.2. The number of nitrogens with one attached hydrogen (secondary N) is 1. The van der Waals surface area contributed by atoms with Gasteiger partial charge in [0.2, 0.25) is 5.09 Å². The molecular formula is C13H18N2O3S2. The van der Waals surface area contributed by atoms with Crippen molar-refractivity contribution < 1.29 is 12.8 Å². The summed E-state index contributed by atoms with van der Waals surface area (Å²) in [6.07, 6.45) is 0. The number of hydrogen-bond donors (Lipinski definition) is 1. The van der Waals surface area contributed by atoms with Gasteiger partial charge in [0.1, 0.15) is 5.76 Å². The zero-order valence-corrected chi connectivity index (χ0v) is 13.3. The van der Waals surface area contributed by atoms with Gasteiger partial charge in [-0.25, -0.2) is 12.7 Å². The lowest BCUT2D eigenvalue weighted by Crippen LogP contribution is -2.21. The van der Waals surface area contributed by atoms with Gasteiger partial charge in [0.25, 0.3) is 10.0 Å². The predicted molar refractivity (Wildman–Crippen MR) is 79.2 cm³/mol. The van der Waals surface area contributed by atoms with Crippen LogP contribution < -0.4 is 5.32 Å². The second kappa shape index (κ2) is 6.09. The molecule has 0 radical (unpaired) electrons. The van der Waals surface area contributed by atoms with E-state index in [0.29, 0.717) is 12.3 Å². The van der Waals surface area contributed by atoms with Gasteiger partial charge in [0, 0.05) is 25.5 Å². The number of thiophene rings is 1. The Morgan fingerprint density at radius 2 is 2.00 bits per heavy atom. The summed E-state index contributed by atoms with van der Waals surface area (Å²) in [5.74, 6) is 0.611. The van der Waals surface area contributed by atoms with E-state index in [0.717, 1.165) is 10.8 Å². The number of hydrogen-bond acceptors (Lipinski definition) is 5. The number of sulfonamides is 1. The van der Waals surface area contributed by atoms with E-state index < -0.39 is 10.0 Å². The molecule has 0 saturated carbocycles. The Morgan fingerprint density at radius 3 is 2.60 bits per heavy atom. The second-order valence-electron chi connectivity index (χ2n) is 4.64. The lowest BCUT2D eigenvalue weighted by Gasteiger charge is -2.07. The molecule has 0 bridgehead atoms. The largest absolute Gasteiger partial charge is 0.447 e. The lowest BCUT2D eigenvalue weighted by atomic mass is 10.3. The van der Waals surface area contributed by atoms with Crippen molar-refractivity contribution in [2.45, 2.75) is 25.1 Å². The summed E-state index contributed by atoms with van der Waals surface area (Å²) < 4.78 is 30.2. The molecule has 0 amide bonds. The van der Waals surface area contributed by atoms with E-state index in [1.807, 2.05) is 0 Å². The molecule has 2 rings (SSSR count). The zero-order valence-electron chi connectivity index (χ0n) is 11.7. The number of furan rings is 1. The monoisotopic (exact) mass is 314 g/mol. The summed E-state index contributed by atoms with van der Waals surface area (Å²) in [6.45, 7) is 3.32. The lowest BCUT2D eigenvalue weighted by molar-refractivity contribution is 0.389. The van der Waals surface area contributed by atoms with E-state index in [1.165, 1.54) is 30.6 Å². The third kappa shape index (κ3) is 3.29. The minimum Gasteiger partial charge on any atom is -0.447 e. The van der Waals surface area contributed by atoms with Crippen LogP contribution in [0.3, 0.4) is 0 Å². The van der Waals surface area contributed by atoms with E-state index >= 15 is 0 Å². The van der Waals surface area contributed by atoms with Crippen LogP contribution in [0.25, 0.3) is 0 Å². The molecule has 0 aliphatic rings. The summed E-state index contributed by atoms with van der Waals surface area (Å²) in [5, 5.41) is 5.28. The molecule has 7 heteroatoms. The molecule has 0 aliphatic carbocycles. The molecule has 0 spiro atoms. The molecule has 2 aromatic heterocycles. The van der Waals surface area contributed by atoms with Crippen molar-refractivity contribution in [1.82, 2.24) is 9.62 Å². The predicted octanol–water partition coefficient (Wildman–Crippen LogP) is 2.19. The van der Waals surface area contributed by atoms with E-state index in [4.69, 9.17) is 4.42 Å². The van der Waals surface area contributed by atoms with Crippen LogP contribution in [-0.4, -0.2) is 26.8 Å². The molecule has 0 aromatic carbocycles. The Morgan fingerprint density at radius 1 is 1.25 bits per heavy atom. The van der Waals surface area contributed by atoms with Gasteiger partial charge in [-0.2, -0.15) is 0 Å². The number of aryl methyl sites for hydroxylation is 1. The van der Waals surface area contributed by atoms with Gasteiger partial charge < -0.3 is 9.73 Å². The van der Waals surface area contributed by atoms with E-state index in [2.05, 4.69) is 23.7 Å². The van der Waals surface area contributed by atoms with E-state index in [9.17, 15) is 8.42 Å². The van der Waals surface area contributed by atoms with Gasteiger partial charge >= 0.3 is 0 Å². The van der Waals surface area contributed by atoms with Crippen molar-refractivity contribution in [3.05, 3.63) is 39.8 Å². The Kier molecular flexibility index (Phi) is 4.64.